The van der Waals surface area contributed by atoms with Crippen molar-refractivity contribution >= 4 is 5.69 Å². The molecule has 0 spiro atoms. The Hall–Kier alpha value is -4.61. The Morgan fingerprint density at radius 2 is 1.60 bits per heavy atom. The summed E-state index contributed by atoms with van der Waals surface area (Å²) in [6.45, 7) is 8.36. The molecule has 4 aliphatic rings. The molecule has 0 bridgehead atoms. The van der Waals surface area contributed by atoms with Crippen molar-refractivity contribution in [2.75, 3.05) is 25.1 Å². The Morgan fingerprint density at radius 1 is 0.807 bits per heavy atom. The molecule has 0 atom stereocenters. The zero-order chi connectivity index (χ0) is 38.9. The molecular weight excluding hydrogens is 699 g/mol. The Bertz CT molecular complexity index is 2190. The van der Waals surface area contributed by atoms with Gasteiger partial charge in [0.05, 0.1) is 12.8 Å². The summed E-state index contributed by atoms with van der Waals surface area (Å²) in [4.78, 5) is 10.2. The molecule has 2 heterocycles. The van der Waals surface area contributed by atoms with Crippen LogP contribution in [0.3, 0.4) is 0 Å². The van der Waals surface area contributed by atoms with Gasteiger partial charge in [0.15, 0.2) is 0 Å². The predicted molar refractivity (Wildman–Crippen MR) is 235 cm³/mol. The quantitative estimate of drug-likeness (QED) is 0.130. The van der Waals surface area contributed by atoms with E-state index in [0.717, 1.165) is 74.4 Å². The molecule has 5 nitrogen and oxygen atoms in total. The number of pyridine rings is 1. The molecule has 0 radical (unpaired) electrons. The number of ether oxygens (including phenoxy) is 1. The first-order chi connectivity index (χ1) is 27.9. The number of hydrogen-bond acceptors (Lipinski definition) is 5. The monoisotopic (exact) mass is 759 g/mol. The van der Waals surface area contributed by atoms with Crippen molar-refractivity contribution in [3.8, 4) is 33.9 Å². The standard InChI is InChI=1S/C52H61N3O2/c1-4-10-47-48(38-13-8-14-38)30-43(32-51(47)57-3)49-28-36(21-24-53-49)33-54-25-22-44(23-26-54)55(45-20-19-37-12-7-17-40(37)29-45)34-41-11-5-6-18-46(41)42-27-35(2)52(50(56)31-42)39-15-9-16-39/h5-6,11,18-21,24,27-32,38-39,44,56H,4,7-10,12-17,22-23,25-26,33-34H2,1-3H3. The van der Waals surface area contributed by atoms with Crippen LogP contribution in [0.5, 0.6) is 11.5 Å². The summed E-state index contributed by atoms with van der Waals surface area (Å²) in [5, 5.41) is 11.3. The number of hydrogen-bond donors (Lipinski definition) is 1. The lowest BCUT2D eigenvalue weighted by molar-refractivity contribution is 0.201. The van der Waals surface area contributed by atoms with E-state index in [9.17, 15) is 5.11 Å². The maximum absolute atomic E-state index is 11.3. The van der Waals surface area contributed by atoms with E-state index in [1.54, 1.807) is 0 Å². The van der Waals surface area contributed by atoms with Crippen molar-refractivity contribution in [3.05, 3.63) is 130 Å². The molecule has 0 unspecified atom stereocenters. The highest BCUT2D eigenvalue weighted by molar-refractivity contribution is 5.72. The van der Waals surface area contributed by atoms with E-state index in [0.29, 0.717) is 23.6 Å². The molecule has 0 amide bonds. The van der Waals surface area contributed by atoms with Crippen LogP contribution in [0.2, 0.25) is 0 Å². The number of phenolic OH excluding ortho intramolecular Hbond substituents is 1. The number of aryl methyl sites for hydroxylation is 3. The lowest BCUT2D eigenvalue weighted by atomic mass is 9.76. The minimum absolute atomic E-state index is 0.442. The van der Waals surface area contributed by atoms with E-state index in [2.05, 4.69) is 96.4 Å². The molecular formula is C52H61N3O2. The minimum Gasteiger partial charge on any atom is -0.508 e. The molecule has 1 aromatic heterocycles. The number of fused-ring (bicyclic) bond motifs is 1. The number of nitrogens with zero attached hydrogens (tertiary/aromatic N) is 3. The zero-order valence-corrected chi connectivity index (χ0v) is 34.5. The van der Waals surface area contributed by atoms with E-state index in [1.807, 2.05) is 19.4 Å². The number of aromatic hydroxyl groups is 1. The normalized spacial score (nSPS) is 17.6. The highest BCUT2D eigenvalue weighted by Gasteiger charge is 2.29. The Morgan fingerprint density at radius 3 is 2.33 bits per heavy atom. The molecule has 1 N–H and O–H groups in total. The molecule has 2 saturated carbocycles. The third-order valence-electron chi connectivity index (χ3n) is 14.0. The van der Waals surface area contributed by atoms with Crippen molar-refractivity contribution in [1.29, 1.82) is 0 Å². The lowest BCUT2D eigenvalue weighted by Crippen LogP contribution is -2.44. The van der Waals surface area contributed by atoms with Gasteiger partial charge in [0.2, 0.25) is 0 Å². The second-order valence-corrected chi connectivity index (χ2v) is 17.6. The van der Waals surface area contributed by atoms with Crippen molar-refractivity contribution in [1.82, 2.24) is 9.88 Å². The molecule has 3 aliphatic carbocycles. The maximum Gasteiger partial charge on any atom is 0.123 e. The molecule has 4 aromatic carbocycles. The van der Waals surface area contributed by atoms with Crippen LogP contribution in [0.4, 0.5) is 5.69 Å². The van der Waals surface area contributed by atoms with Crippen molar-refractivity contribution in [2.45, 2.75) is 128 Å². The van der Waals surface area contributed by atoms with E-state index >= 15 is 0 Å². The number of phenols is 1. The van der Waals surface area contributed by atoms with Crippen LogP contribution < -0.4 is 9.64 Å². The third-order valence-corrected chi connectivity index (χ3v) is 14.0. The second kappa shape index (κ2) is 16.7. The maximum atomic E-state index is 11.3. The highest BCUT2D eigenvalue weighted by Crippen LogP contribution is 2.45. The van der Waals surface area contributed by atoms with Crippen LogP contribution >= 0.6 is 0 Å². The van der Waals surface area contributed by atoms with E-state index < -0.39 is 0 Å². The van der Waals surface area contributed by atoms with E-state index in [4.69, 9.17) is 9.72 Å². The van der Waals surface area contributed by atoms with Crippen LogP contribution in [0.1, 0.15) is 127 Å². The van der Waals surface area contributed by atoms with Gasteiger partial charge >= 0.3 is 0 Å². The van der Waals surface area contributed by atoms with Crippen LogP contribution in [0, 0.1) is 6.92 Å². The predicted octanol–water partition coefficient (Wildman–Crippen LogP) is 12.1. The molecule has 57 heavy (non-hydrogen) atoms. The zero-order valence-electron chi connectivity index (χ0n) is 34.5. The number of methoxy groups -OCH3 is 1. The second-order valence-electron chi connectivity index (χ2n) is 17.6. The number of likely N-dealkylation sites (tertiary alicyclic amines) is 1. The molecule has 296 valence electrons. The topological polar surface area (TPSA) is 48.8 Å². The van der Waals surface area contributed by atoms with Gasteiger partial charge in [0.25, 0.3) is 0 Å². The Balaban J connectivity index is 0.942. The van der Waals surface area contributed by atoms with Gasteiger partial charge in [-0.25, -0.2) is 0 Å². The first kappa shape index (κ1) is 37.9. The number of piperidine rings is 1. The Labute approximate surface area is 341 Å². The summed E-state index contributed by atoms with van der Waals surface area (Å²) in [6, 6.07) is 30.2. The smallest absolute Gasteiger partial charge is 0.123 e. The first-order valence-electron chi connectivity index (χ1n) is 22.1. The van der Waals surface area contributed by atoms with E-state index in [1.165, 1.54) is 114 Å². The van der Waals surface area contributed by atoms with Crippen molar-refractivity contribution < 1.29 is 9.84 Å². The molecule has 5 aromatic rings. The number of anilines is 1. The third kappa shape index (κ3) is 7.85. The molecule has 1 aliphatic heterocycles. The van der Waals surface area contributed by atoms with Gasteiger partial charge in [-0.15, -0.1) is 0 Å². The highest BCUT2D eigenvalue weighted by atomic mass is 16.5. The summed E-state index contributed by atoms with van der Waals surface area (Å²) in [7, 11) is 1.82. The SMILES string of the molecule is CCCc1c(OC)cc(-c2cc(CN3CCC(N(Cc4ccccc4-c4cc(C)c(C5CCC5)c(O)c4)c4ccc5c(c4)CCC5)CC3)ccn2)cc1C1CCC1. The molecule has 9 rings (SSSR count). The van der Waals surface area contributed by atoms with Gasteiger partial charge < -0.3 is 14.7 Å². The number of aromatic nitrogens is 1. The number of rotatable bonds is 13. The summed E-state index contributed by atoms with van der Waals surface area (Å²) < 4.78 is 6.00. The summed E-state index contributed by atoms with van der Waals surface area (Å²) >= 11 is 0. The van der Waals surface area contributed by atoms with Gasteiger partial charge in [-0.05, 0) is 181 Å². The van der Waals surface area contributed by atoms with Gasteiger partial charge in [-0.2, -0.15) is 0 Å². The van der Waals surface area contributed by atoms with Gasteiger partial charge in [-0.1, -0.05) is 62.6 Å². The van der Waals surface area contributed by atoms with Gasteiger partial charge in [0.1, 0.15) is 11.5 Å². The average molecular weight is 760 g/mol. The van der Waals surface area contributed by atoms with Crippen LogP contribution in [-0.2, 0) is 32.4 Å². The van der Waals surface area contributed by atoms with E-state index in [-0.39, 0.29) is 0 Å². The summed E-state index contributed by atoms with van der Waals surface area (Å²) in [6.07, 6.45) is 17.6. The largest absolute Gasteiger partial charge is 0.508 e. The molecule has 5 heteroatoms. The van der Waals surface area contributed by atoms with Gasteiger partial charge in [0, 0.05) is 49.7 Å². The van der Waals surface area contributed by atoms with Crippen LogP contribution in [-0.4, -0.2) is 41.2 Å². The first-order valence-corrected chi connectivity index (χ1v) is 22.1. The fraction of sp³-hybridized carbons (Fsp3) is 0.442. The van der Waals surface area contributed by atoms with Crippen molar-refractivity contribution in [2.24, 2.45) is 0 Å². The Kier molecular flexibility index (Phi) is 11.1. The fourth-order valence-corrected chi connectivity index (χ4v) is 10.4. The van der Waals surface area contributed by atoms with Crippen LogP contribution in [0.15, 0.2) is 85.1 Å². The van der Waals surface area contributed by atoms with Crippen LogP contribution in [0.25, 0.3) is 22.4 Å². The van der Waals surface area contributed by atoms with Gasteiger partial charge in [-0.3, -0.25) is 9.88 Å². The number of benzene rings is 4. The fourth-order valence-electron chi connectivity index (χ4n) is 10.4. The minimum atomic E-state index is 0.442. The lowest BCUT2D eigenvalue weighted by Gasteiger charge is -2.40. The molecule has 3 fully saturated rings. The summed E-state index contributed by atoms with van der Waals surface area (Å²) in [5.74, 6) is 2.65. The summed E-state index contributed by atoms with van der Waals surface area (Å²) in [5.41, 5.74) is 16.9. The average Bonchev–Trinajstić information content (AvgIpc) is 3.66. The van der Waals surface area contributed by atoms with Crippen molar-refractivity contribution in [3.63, 3.8) is 0 Å². The molecule has 1 saturated heterocycles.